The number of ether oxygens (including phenoxy) is 6. The van der Waals surface area contributed by atoms with Crippen molar-refractivity contribution in [3.63, 3.8) is 0 Å². The molecule has 630 valence electrons. The van der Waals surface area contributed by atoms with E-state index in [1.807, 2.05) is 13.8 Å². The molecule has 1 aromatic heterocycles. The van der Waals surface area contributed by atoms with Crippen LogP contribution >= 0.6 is 46.4 Å². The Labute approximate surface area is 693 Å². The lowest BCUT2D eigenvalue weighted by Gasteiger charge is -2.47. The Balaban J connectivity index is 1.02. The van der Waals surface area contributed by atoms with Gasteiger partial charge in [0.1, 0.15) is 95.5 Å². The summed E-state index contributed by atoms with van der Waals surface area (Å²) in [5, 5.41) is 135. The SMILES string of the molecule is CN[C@H](CC(C)C)C(=O)N[C@H]1C(=O)N[C@@H](CC(N)=O)C(=O)N[C@H]2C(=O)N[C@H]3C(=O)N[C@H](C(=O)N[C@H](C(=O)NCCCc4cn(Cc5ccc(Cl)c(Cl)c5)nn4)c4cc(O)cc(O)c4-c4cc3ccc4O)[C@H](O)c3ccc(c(Cl)c3)Oc3cc2cc(c3O[C@@H]2O[C@H](CO)[C@@H](O)[C@H](O)[C@H]2O[C@H]2C[C@](C)(N)[C@H](O)[C@H](C)O2)Oc2ccc(cc2Cl)[C@H]1O. The highest BCUT2D eigenvalue weighted by Gasteiger charge is 2.52. The van der Waals surface area contributed by atoms with Gasteiger partial charge in [-0.1, -0.05) is 89.7 Å². The zero-order chi connectivity index (χ0) is 85.2. The summed E-state index contributed by atoms with van der Waals surface area (Å²) < 4.78 is 40.2. The molecule has 0 unspecified atom stereocenters. The van der Waals surface area contributed by atoms with E-state index in [1.54, 1.807) is 29.1 Å². The van der Waals surface area contributed by atoms with Crippen LogP contribution in [0.15, 0.2) is 103 Å². The average molecular weight is 1720 g/mol. The van der Waals surface area contributed by atoms with Gasteiger partial charge in [-0.15, -0.1) is 5.10 Å². The number of phenolic OH excluding ortho intramolecular Hbond substituents is 3. The van der Waals surface area contributed by atoms with Gasteiger partial charge in [0.05, 0.1) is 63.6 Å². The number of aryl methyl sites for hydroxylation is 1. The monoisotopic (exact) mass is 1710 g/mol. The van der Waals surface area contributed by atoms with E-state index in [4.69, 9.17) is 86.3 Å². The highest BCUT2D eigenvalue weighted by Crippen LogP contribution is 2.50. The lowest BCUT2D eigenvalue weighted by molar-refractivity contribution is -0.333. The molecule has 21 N–H and O–H groups in total. The molecule has 0 aliphatic carbocycles. The van der Waals surface area contributed by atoms with Crippen LogP contribution in [0.2, 0.25) is 20.1 Å². The molecule has 118 heavy (non-hydrogen) atoms. The van der Waals surface area contributed by atoms with Crippen molar-refractivity contribution in [3.05, 3.63) is 162 Å². The Bertz CT molecular complexity index is 5010. The van der Waals surface area contributed by atoms with E-state index < -0.39 is 226 Å². The number of nitrogens with one attached hydrogen (secondary N) is 8. The van der Waals surface area contributed by atoms with Crippen molar-refractivity contribution in [3.8, 4) is 57.1 Å². The molecule has 8 amide bonds. The van der Waals surface area contributed by atoms with E-state index in [0.29, 0.717) is 15.7 Å². The summed E-state index contributed by atoms with van der Waals surface area (Å²) in [6.07, 6.45) is -16.5. The lowest BCUT2D eigenvalue weighted by Crippen LogP contribution is -2.64. The number of aromatic hydroxyl groups is 3. The molecule has 0 radical (unpaired) electrons. The van der Waals surface area contributed by atoms with Crippen LogP contribution in [0.4, 0.5) is 0 Å². The van der Waals surface area contributed by atoms with Crippen LogP contribution in [0.5, 0.6) is 46.0 Å². The molecule has 2 fully saturated rings. The predicted octanol–water partition coefficient (Wildman–Crippen LogP) is 2.72. The van der Waals surface area contributed by atoms with Gasteiger partial charge in [0.2, 0.25) is 59.3 Å². The summed E-state index contributed by atoms with van der Waals surface area (Å²) in [5.74, 6) is -14.9. The minimum atomic E-state index is -2.36. The van der Waals surface area contributed by atoms with Crippen molar-refractivity contribution in [1.29, 1.82) is 0 Å². The predicted molar refractivity (Wildman–Crippen MR) is 419 cm³/mol. The van der Waals surface area contributed by atoms with Crippen molar-refractivity contribution in [1.82, 2.24) is 57.5 Å². The second kappa shape index (κ2) is 36.5. The smallest absolute Gasteiger partial charge is 0.248 e. The molecule has 7 aliphatic rings. The van der Waals surface area contributed by atoms with Crippen LogP contribution in [0.3, 0.4) is 0 Å². The number of aromatic nitrogens is 3. The van der Waals surface area contributed by atoms with E-state index >= 15 is 24.0 Å². The number of likely N-dealkylation sites (N-methyl/N-ethyl adjacent to an activating group) is 1. The van der Waals surface area contributed by atoms with E-state index in [2.05, 4.69) is 52.8 Å². The number of hydrogen-bond acceptors (Lipinski definition) is 27. The fourth-order valence-electron chi connectivity index (χ4n) is 14.4. The highest BCUT2D eigenvalue weighted by molar-refractivity contribution is 6.42. The summed E-state index contributed by atoms with van der Waals surface area (Å²) >= 11 is 26.7. The minimum Gasteiger partial charge on any atom is -0.508 e. The minimum absolute atomic E-state index is 0.106. The number of nitrogens with zero attached hydrogens (tertiary/aromatic N) is 3. The quantitative estimate of drug-likeness (QED) is 0.0518. The molecule has 40 heteroatoms. The Morgan fingerprint density at radius 2 is 1.36 bits per heavy atom. The van der Waals surface area contributed by atoms with Gasteiger partial charge in [-0.05, 0) is 146 Å². The number of fused-ring (bicyclic) bond motifs is 15. The molecule has 14 rings (SSSR count). The fraction of sp³-hybridized carbons (Fsp3) is 0.410. The van der Waals surface area contributed by atoms with Crippen molar-refractivity contribution < 1.29 is 113 Å². The Kier molecular flexibility index (Phi) is 27.0. The van der Waals surface area contributed by atoms with Crippen molar-refractivity contribution in [2.45, 2.75) is 176 Å². The summed E-state index contributed by atoms with van der Waals surface area (Å²) in [4.78, 5) is 121. The molecule has 0 saturated carbocycles. The number of aliphatic hydroxyl groups excluding tert-OH is 6. The molecule has 7 aliphatic heterocycles. The Hall–Kier alpha value is -10.3. The molecule has 18 atom stereocenters. The standard InChI is InChI=1S/C78H87Cl4N13O23/c1-31(2)17-46(85-5)70(106)91-61-63(101)35-10-14-50(44(81)20-35)114-52-22-37-23-53(67(52)118-77-68(66(104)65(103)54(30-96)116-77)117-56-27-78(4,84)69(105)32(3)113-56)115-51-15-11-36(21-45(51)82)64(102)62-76(112)90-60(72(108)86-16-6-7-38-29-95(94-93-38)28-33-8-12-42(79)43(80)18-33)41-24-39(97)25-49(99)57(41)40-19-34(9-13-48(40)98)58(73(109)92-62)89-74(110)59(37)88-71(107)47(26-55(83)100)87-75(61)111/h8-15,18-25,29,31-32,46-47,54,56,58-66,68-69,77,85,96-99,101-105H,6-7,16-17,26-28,30,84H2,1-5H3,(H2,83,100)(H,86,108)(H,87,111)(H,88,107)(H,89,110)(H,90,112)(H,91,106)(H,92,109)/t32-,46+,47-,54+,56-,58+,59+,60-,61+,62-,63+,64+,65+,66-,68+,69+,77-,78-/m0/s1. The number of amides is 8. The number of primary amides is 1. The molecular weight excluding hydrogens is 1630 g/mol. The number of phenols is 3. The molecule has 7 aromatic rings. The Morgan fingerprint density at radius 3 is 2.00 bits per heavy atom. The van der Waals surface area contributed by atoms with Gasteiger partial charge in [0, 0.05) is 41.9 Å². The normalized spacial score (nSPS) is 26.9. The summed E-state index contributed by atoms with van der Waals surface area (Å²) in [6.45, 7) is 5.82. The number of hydrogen-bond donors (Lipinski definition) is 19. The second-order valence-corrected chi connectivity index (χ2v) is 31.6. The van der Waals surface area contributed by atoms with E-state index in [1.165, 1.54) is 39.1 Å². The number of rotatable bonds is 19. The fourth-order valence-corrected chi connectivity index (χ4v) is 15.2. The molecule has 2 saturated heterocycles. The molecular formula is C78H87Cl4N13O23. The summed E-state index contributed by atoms with van der Waals surface area (Å²) in [6, 6.07) is 5.19. The van der Waals surface area contributed by atoms with Crippen LogP contribution in [0, 0.1) is 5.92 Å². The van der Waals surface area contributed by atoms with Gasteiger partial charge in [0.15, 0.2) is 23.9 Å². The lowest BCUT2D eigenvalue weighted by atomic mass is 9.86. The van der Waals surface area contributed by atoms with Gasteiger partial charge in [-0.25, -0.2) is 4.68 Å². The highest BCUT2D eigenvalue weighted by atomic mass is 35.5. The number of aliphatic hydroxyl groups is 6. The van der Waals surface area contributed by atoms with Crippen molar-refractivity contribution >= 4 is 93.7 Å². The maximum Gasteiger partial charge on any atom is 0.248 e. The van der Waals surface area contributed by atoms with Crippen LogP contribution < -0.4 is 68.2 Å². The number of halogens is 4. The average Bonchev–Trinajstić information content (AvgIpc) is 0.979. The van der Waals surface area contributed by atoms with Crippen molar-refractivity contribution in [2.24, 2.45) is 17.4 Å². The Morgan fingerprint density at radius 1 is 0.712 bits per heavy atom. The first-order valence-electron chi connectivity index (χ1n) is 37.3. The van der Waals surface area contributed by atoms with Gasteiger partial charge in [0.25, 0.3) is 0 Å². The third kappa shape index (κ3) is 19.4. The van der Waals surface area contributed by atoms with Gasteiger partial charge in [-0.2, -0.15) is 0 Å². The topological polar surface area (TPSA) is 553 Å². The number of carbonyl (C=O) groups excluding carboxylic acids is 8. The van der Waals surface area contributed by atoms with Gasteiger partial charge >= 0.3 is 0 Å². The molecule has 0 spiro atoms. The third-order valence-electron chi connectivity index (χ3n) is 20.6. The first-order chi connectivity index (χ1) is 56.0. The van der Waals surface area contributed by atoms with Gasteiger partial charge in [-0.3, -0.25) is 38.4 Å². The number of nitrogens with two attached hydrogens (primary N) is 2. The molecule has 8 heterocycles. The van der Waals surface area contributed by atoms with Crippen LogP contribution in [0.25, 0.3) is 11.1 Å². The summed E-state index contributed by atoms with van der Waals surface area (Å²) in [5.41, 5.74) is 9.77. The zero-order valence-electron chi connectivity index (χ0n) is 63.6. The second-order valence-electron chi connectivity index (χ2n) is 29.9. The number of carbonyl (C=O) groups is 8. The zero-order valence-corrected chi connectivity index (χ0v) is 66.6. The first-order valence-corrected chi connectivity index (χ1v) is 38.8. The van der Waals surface area contributed by atoms with E-state index in [-0.39, 0.29) is 83.5 Å². The largest absolute Gasteiger partial charge is 0.508 e. The van der Waals surface area contributed by atoms with Gasteiger partial charge < -0.3 is 128 Å². The van der Waals surface area contributed by atoms with Crippen LogP contribution in [-0.2, 0) is 65.5 Å². The van der Waals surface area contributed by atoms with Crippen LogP contribution in [0.1, 0.15) is 123 Å². The molecule has 11 bridgehead atoms. The van der Waals surface area contributed by atoms with Crippen molar-refractivity contribution in [2.75, 3.05) is 20.2 Å². The first kappa shape index (κ1) is 87.1. The van der Waals surface area contributed by atoms with E-state index in [0.717, 1.165) is 66.2 Å². The van der Waals surface area contributed by atoms with Crippen LogP contribution in [-0.4, -0.2) is 207 Å². The third-order valence-corrected chi connectivity index (χ3v) is 21.9. The molecule has 36 nitrogen and oxygen atoms in total. The number of benzene rings is 6. The summed E-state index contributed by atoms with van der Waals surface area (Å²) in [7, 11) is 1.48. The maximum absolute atomic E-state index is 16.3. The molecule has 6 aromatic carbocycles. The maximum atomic E-state index is 16.3. The van der Waals surface area contributed by atoms with E-state index in [9.17, 15) is 60.3 Å².